The number of hydrogen-bond donors (Lipinski definition) is 1. The molecule has 0 aliphatic rings. The molecule has 0 saturated carbocycles. The Kier molecular flexibility index (Phi) is 7.12. The fourth-order valence-corrected chi connectivity index (χ4v) is 5.78. The quantitative estimate of drug-likeness (QED) is 0.693. The van der Waals surface area contributed by atoms with Crippen LogP contribution in [0.4, 0.5) is 0 Å². The molecule has 0 aliphatic heterocycles. The predicted molar refractivity (Wildman–Crippen MR) is 74.8 cm³/mol. The number of aliphatic hydroxyl groups is 1. The highest BCUT2D eigenvalue weighted by atomic mass is 28.4. The van der Waals surface area contributed by atoms with E-state index in [-0.39, 0.29) is 11.8 Å². The number of aliphatic hydroxyl groups excluding tert-OH is 1. The van der Waals surface area contributed by atoms with Crippen molar-refractivity contribution >= 4 is 16.9 Å². The van der Waals surface area contributed by atoms with E-state index in [1.54, 1.807) is 21.3 Å². The summed E-state index contributed by atoms with van der Waals surface area (Å²) < 4.78 is 16.6. The van der Waals surface area contributed by atoms with Crippen molar-refractivity contribution in [2.75, 3.05) is 27.6 Å². The molecule has 0 spiro atoms. The van der Waals surface area contributed by atoms with Crippen LogP contribution in [-0.2, 0) is 13.3 Å². The molecule has 0 fully saturated rings. The van der Waals surface area contributed by atoms with Gasteiger partial charge in [-0.2, -0.15) is 0 Å². The zero-order valence-electron chi connectivity index (χ0n) is 12.2. The van der Waals surface area contributed by atoms with Gasteiger partial charge in [0, 0.05) is 26.9 Å². The molecule has 6 heteroatoms. The second kappa shape index (κ2) is 7.01. The van der Waals surface area contributed by atoms with Crippen LogP contribution >= 0.6 is 0 Å². The molecule has 0 heterocycles. The maximum atomic E-state index is 9.51. The summed E-state index contributed by atoms with van der Waals surface area (Å²) in [6.07, 6.45) is 0.977. The summed E-state index contributed by atoms with van der Waals surface area (Å²) in [5.74, 6) is 0. The maximum absolute atomic E-state index is 9.51. The molecule has 0 aromatic rings. The standard InChI is InChI=1S/C11H28O4Si2/c1-10(16(6,7)13-3)8-11(2)17(9-12,14-4)15-5/h10-12H,8-9H2,1-7H3. The van der Waals surface area contributed by atoms with Crippen molar-refractivity contribution < 1.29 is 18.4 Å². The molecule has 0 aromatic heterocycles. The summed E-state index contributed by atoms with van der Waals surface area (Å²) in [5, 5.41) is 9.51. The normalized spacial score (nSPS) is 16.9. The number of rotatable bonds is 8. The third kappa shape index (κ3) is 4.15. The van der Waals surface area contributed by atoms with Crippen LogP contribution in [0.1, 0.15) is 20.3 Å². The second-order valence-electron chi connectivity index (χ2n) is 5.22. The van der Waals surface area contributed by atoms with Gasteiger partial charge in [0.1, 0.15) is 0 Å². The lowest BCUT2D eigenvalue weighted by atomic mass is 10.2. The van der Waals surface area contributed by atoms with Gasteiger partial charge < -0.3 is 18.4 Å². The molecule has 1 N–H and O–H groups in total. The molecule has 2 unspecified atom stereocenters. The van der Waals surface area contributed by atoms with Gasteiger partial charge in [-0.05, 0) is 25.1 Å². The van der Waals surface area contributed by atoms with Crippen molar-refractivity contribution in [2.24, 2.45) is 0 Å². The van der Waals surface area contributed by atoms with Gasteiger partial charge in [-0.25, -0.2) is 0 Å². The average molecular weight is 281 g/mol. The lowest BCUT2D eigenvalue weighted by molar-refractivity contribution is 0.185. The van der Waals surface area contributed by atoms with Crippen LogP contribution in [0.2, 0.25) is 24.2 Å². The molecule has 0 saturated heterocycles. The molecule has 0 aliphatic carbocycles. The van der Waals surface area contributed by atoms with Crippen LogP contribution in [-0.4, -0.2) is 49.5 Å². The summed E-state index contributed by atoms with van der Waals surface area (Å²) in [7, 11) is 0.966. The highest BCUT2D eigenvalue weighted by Crippen LogP contribution is 2.36. The summed E-state index contributed by atoms with van der Waals surface area (Å²) in [6, 6.07) is 0. The third-order valence-electron chi connectivity index (χ3n) is 4.08. The van der Waals surface area contributed by atoms with Crippen LogP contribution in [0.15, 0.2) is 0 Å². The van der Waals surface area contributed by atoms with E-state index in [2.05, 4.69) is 26.9 Å². The minimum Gasteiger partial charge on any atom is -0.420 e. The SMILES string of the molecule is CO[Si](C)(C)C(C)CC(C)[Si](CO)(OC)OC. The fraction of sp³-hybridized carbons (Fsp3) is 1.00. The monoisotopic (exact) mass is 280 g/mol. The summed E-state index contributed by atoms with van der Waals surface area (Å²) >= 11 is 0. The van der Waals surface area contributed by atoms with Crippen LogP contribution < -0.4 is 0 Å². The highest BCUT2D eigenvalue weighted by Gasteiger charge is 2.44. The van der Waals surface area contributed by atoms with E-state index in [4.69, 9.17) is 13.3 Å². The summed E-state index contributed by atoms with van der Waals surface area (Å²) in [6.45, 7) is 8.75. The maximum Gasteiger partial charge on any atom is 0.366 e. The highest BCUT2D eigenvalue weighted by molar-refractivity contribution is 6.73. The van der Waals surface area contributed by atoms with Crippen molar-refractivity contribution in [3.63, 3.8) is 0 Å². The van der Waals surface area contributed by atoms with E-state index in [0.29, 0.717) is 5.54 Å². The van der Waals surface area contributed by atoms with Crippen molar-refractivity contribution in [3.05, 3.63) is 0 Å². The fourth-order valence-electron chi connectivity index (χ4n) is 1.97. The first kappa shape index (κ1) is 17.3. The smallest absolute Gasteiger partial charge is 0.366 e. The minimum atomic E-state index is -2.45. The first-order valence-electron chi connectivity index (χ1n) is 6.06. The zero-order chi connectivity index (χ0) is 13.7. The van der Waals surface area contributed by atoms with Gasteiger partial charge in [0.15, 0.2) is 8.32 Å². The van der Waals surface area contributed by atoms with Crippen molar-refractivity contribution in [1.82, 2.24) is 0 Å². The van der Waals surface area contributed by atoms with E-state index in [0.717, 1.165) is 6.42 Å². The zero-order valence-corrected chi connectivity index (χ0v) is 14.2. The van der Waals surface area contributed by atoms with Gasteiger partial charge in [0.2, 0.25) is 0 Å². The van der Waals surface area contributed by atoms with E-state index < -0.39 is 16.9 Å². The Bertz CT molecular complexity index is 211. The van der Waals surface area contributed by atoms with Gasteiger partial charge in [0.25, 0.3) is 0 Å². The summed E-state index contributed by atoms with van der Waals surface area (Å²) in [4.78, 5) is 0. The van der Waals surface area contributed by atoms with E-state index in [9.17, 15) is 5.11 Å². The van der Waals surface area contributed by atoms with Gasteiger partial charge >= 0.3 is 8.56 Å². The van der Waals surface area contributed by atoms with Gasteiger partial charge in [-0.15, -0.1) is 0 Å². The van der Waals surface area contributed by atoms with Crippen LogP contribution in [0.5, 0.6) is 0 Å². The van der Waals surface area contributed by atoms with Crippen molar-refractivity contribution in [1.29, 1.82) is 0 Å². The molecule has 17 heavy (non-hydrogen) atoms. The molecule has 0 aromatic carbocycles. The first-order chi connectivity index (χ1) is 7.79. The summed E-state index contributed by atoms with van der Waals surface area (Å²) in [5.41, 5.74) is 0.755. The Hall–Kier alpha value is 0.274. The topological polar surface area (TPSA) is 47.9 Å². The van der Waals surface area contributed by atoms with Crippen LogP contribution in [0.25, 0.3) is 0 Å². The Labute approximate surface area is 108 Å². The Morgan fingerprint density at radius 1 is 0.941 bits per heavy atom. The first-order valence-corrected chi connectivity index (χ1v) is 11.1. The van der Waals surface area contributed by atoms with Crippen molar-refractivity contribution in [3.8, 4) is 0 Å². The lowest BCUT2D eigenvalue weighted by Gasteiger charge is -2.36. The van der Waals surface area contributed by atoms with E-state index in [1.807, 2.05) is 0 Å². The third-order valence-corrected chi connectivity index (χ3v) is 11.3. The molecule has 0 rings (SSSR count). The Morgan fingerprint density at radius 3 is 1.71 bits per heavy atom. The minimum absolute atomic E-state index is 0.00283. The molecule has 104 valence electrons. The van der Waals surface area contributed by atoms with Gasteiger partial charge in [-0.1, -0.05) is 13.8 Å². The molecule has 2 atom stereocenters. The Balaban J connectivity index is 4.67. The molecule has 0 radical (unpaired) electrons. The van der Waals surface area contributed by atoms with Gasteiger partial charge in [-0.3, -0.25) is 0 Å². The van der Waals surface area contributed by atoms with E-state index >= 15 is 0 Å². The molecule has 0 bridgehead atoms. The van der Waals surface area contributed by atoms with Crippen LogP contribution in [0.3, 0.4) is 0 Å². The number of hydrogen-bond acceptors (Lipinski definition) is 4. The molecule has 4 nitrogen and oxygen atoms in total. The van der Waals surface area contributed by atoms with Crippen LogP contribution in [0, 0.1) is 0 Å². The molecular formula is C11H28O4Si2. The second-order valence-corrected chi connectivity index (χ2v) is 13.6. The molecular weight excluding hydrogens is 252 g/mol. The average Bonchev–Trinajstić information content (AvgIpc) is 2.32. The van der Waals surface area contributed by atoms with Crippen molar-refractivity contribution in [2.45, 2.75) is 44.4 Å². The largest absolute Gasteiger partial charge is 0.420 e. The van der Waals surface area contributed by atoms with Gasteiger partial charge in [0.05, 0.1) is 6.23 Å². The van der Waals surface area contributed by atoms with E-state index in [1.165, 1.54) is 0 Å². The lowest BCUT2D eigenvalue weighted by Crippen LogP contribution is -2.49. The molecule has 0 amide bonds. The predicted octanol–water partition coefficient (Wildman–Crippen LogP) is 2.27. The Morgan fingerprint density at radius 2 is 1.41 bits per heavy atom.